The van der Waals surface area contributed by atoms with E-state index in [1.807, 2.05) is 25.1 Å². The molecule has 1 aliphatic heterocycles. The second-order valence-electron chi connectivity index (χ2n) is 4.79. The van der Waals surface area contributed by atoms with Gasteiger partial charge in [-0.1, -0.05) is 22.0 Å². The molecule has 1 aromatic carbocycles. The summed E-state index contributed by atoms with van der Waals surface area (Å²) in [4.78, 5) is 24.7. The van der Waals surface area contributed by atoms with E-state index in [0.29, 0.717) is 6.54 Å². The number of rotatable bonds is 3. The van der Waals surface area contributed by atoms with Crippen molar-refractivity contribution in [1.82, 2.24) is 4.90 Å². The van der Waals surface area contributed by atoms with Gasteiger partial charge in [-0.15, -0.1) is 0 Å². The summed E-state index contributed by atoms with van der Waals surface area (Å²) in [5.74, 6) is -1.09. The maximum absolute atomic E-state index is 12.2. The summed E-state index contributed by atoms with van der Waals surface area (Å²) in [5, 5.41) is 8.93. The number of morpholine rings is 1. The average molecular weight is 342 g/mol. The van der Waals surface area contributed by atoms with Crippen LogP contribution >= 0.6 is 15.9 Å². The van der Waals surface area contributed by atoms with Gasteiger partial charge in [-0.05, 0) is 30.2 Å². The zero-order valence-corrected chi connectivity index (χ0v) is 12.7. The number of nitrogens with zero attached hydrogens (tertiary/aromatic N) is 1. The quantitative estimate of drug-likeness (QED) is 0.906. The van der Waals surface area contributed by atoms with Crippen molar-refractivity contribution in [3.8, 4) is 0 Å². The van der Waals surface area contributed by atoms with Gasteiger partial charge in [-0.25, -0.2) is 4.79 Å². The molecule has 1 amide bonds. The Balaban J connectivity index is 2.02. The first-order valence-corrected chi connectivity index (χ1v) is 7.14. The van der Waals surface area contributed by atoms with Crippen LogP contribution < -0.4 is 0 Å². The first kappa shape index (κ1) is 15.0. The number of hydrogen-bond donors (Lipinski definition) is 1. The lowest BCUT2D eigenvalue weighted by Crippen LogP contribution is -2.49. The molecular weight excluding hydrogens is 326 g/mol. The van der Waals surface area contributed by atoms with Crippen molar-refractivity contribution in [2.24, 2.45) is 0 Å². The van der Waals surface area contributed by atoms with E-state index in [2.05, 4.69) is 15.9 Å². The minimum absolute atomic E-state index is 0.0648. The maximum atomic E-state index is 12.2. The van der Waals surface area contributed by atoms with Crippen LogP contribution in [0.2, 0.25) is 0 Å². The molecule has 5 nitrogen and oxygen atoms in total. The number of benzene rings is 1. The zero-order valence-electron chi connectivity index (χ0n) is 11.1. The smallest absolute Gasteiger partial charge is 0.334 e. The van der Waals surface area contributed by atoms with Gasteiger partial charge >= 0.3 is 5.97 Å². The number of carbonyl (C=O) groups is 2. The van der Waals surface area contributed by atoms with Crippen LogP contribution in [-0.2, 0) is 20.7 Å². The lowest BCUT2D eigenvalue weighted by atomic mass is 10.0. The number of aliphatic carboxylic acids is 1. The van der Waals surface area contributed by atoms with Gasteiger partial charge < -0.3 is 14.7 Å². The number of carbonyl (C=O) groups excluding carboxylic acids is 1. The third-order valence-electron chi connectivity index (χ3n) is 3.34. The van der Waals surface area contributed by atoms with E-state index in [1.165, 1.54) is 0 Å². The number of carboxylic acid groups (broad SMARTS) is 1. The minimum Gasteiger partial charge on any atom is -0.479 e. The van der Waals surface area contributed by atoms with Crippen LogP contribution in [0.15, 0.2) is 22.7 Å². The van der Waals surface area contributed by atoms with E-state index in [4.69, 9.17) is 9.84 Å². The standard InChI is InChI=1S/C14H16BrNO4/c1-9-6-11(15)3-2-10(9)7-13(17)16-4-5-20-12(8-16)14(18)19/h2-3,6,12H,4-5,7-8H2,1H3,(H,18,19). The molecule has 108 valence electrons. The fourth-order valence-corrected chi connectivity index (χ4v) is 2.63. The second kappa shape index (κ2) is 6.37. The van der Waals surface area contributed by atoms with Crippen LogP contribution in [-0.4, -0.2) is 47.7 Å². The Labute approximate surface area is 125 Å². The Bertz CT molecular complexity index is 532. The van der Waals surface area contributed by atoms with Crippen molar-refractivity contribution < 1.29 is 19.4 Å². The zero-order chi connectivity index (χ0) is 14.7. The molecule has 20 heavy (non-hydrogen) atoms. The lowest BCUT2D eigenvalue weighted by molar-refractivity contribution is -0.159. The summed E-state index contributed by atoms with van der Waals surface area (Å²) < 4.78 is 6.09. The van der Waals surface area contributed by atoms with Crippen LogP contribution in [0.1, 0.15) is 11.1 Å². The van der Waals surface area contributed by atoms with E-state index in [9.17, 15) is 9.59 Å². The molecule has 1 aliphatic rings. The summed E-state index contributed by atoms with van der Waals surface area (Å²) in [5.41, 5.74) is 1.99. The fourth-order valence-electron chi connectivity index (χ4n) is 2.16. The summed E-state index contributed by atoms with van der Waals surface area (Å²) in [6, 6.07) is 5.77. The van der Waals surface area contributed by atoms with Crippen molar-refractivity contribution >= 4 is 27.8 Å². The third kappa shape index (κ3) is 3.58. The maximum Gasteiger partial charge on any atom is 0.334 e. The number of amides is 1. The number of carboxylic acids is 1. The Morgan fingerprint density at radius 3 is 2.90 bits per heavy atom. The third-order valence-corrected chi connectivity index (χ3v) is 3.83. The predicted octanol–water partition coefficient (Wildman–Crippen LogP) is 1.61. The van der Waals surface area contributed by atoms with Crippen LogP contribution in [0, 0.1) is 6.92 Å². The van der Waals surface area contributed by atoms with Gasteiger partial charge in [-0.2, -0.15) is 0 Å². The molecule has 1 saturated heterocycles. The van der Waals surface area contributed by atoms with Crippen molar-refractivity contribution in [2.45, 2.75) is 19.4 Å². The van der Waals surface area contributed by atoms with Gasteiger partial charge in [-0.3, -0.25) is 4.79 Å². The van der Waals surface area contributed by atoms with Gasteiger partial charge in [0.15, 0.2) is 6.10 Å². The predicted molar refractivity (Wildman–Crippen MR) is 76.5 cm³/mol. The average Bonchev–Trinajstić information content (AvgIpc) is 2.42. The summed E-state index contributed by atoms with van der Waals surface area (Å²) >= 11 is 3.39. The number of hydrogen-bond acceptors (Lipinski definition) is 3. The molecule has 0 radical (unpaired) electrons. The number of halogens is 1. The van der Waals surface area contributed by atoms with E-state index in [0.717, 1.165) is 15.6 Å². The highest BCUT2D eigenvalue weighted by atomic mass is 79.9. The minimum atomic E-state index is -1.03. The molecule has 0 aliphatic carbocycles. The Kier molecular flexibility index (Phi) is 4.77. The SMILES string of the molecule is Cc1cc(Br)ccc1CC(=O)N1CCOC(C(=O)O)C1. The first-order valence-electron chi connectivity index (χ1n) is 6.34. The topological polar surface area (TPSA) is 66.8 Å². The highest BCUT2D eigenvalue weighted by molar-refractivity contribution is 9.10. The molecule has 1 fully saturated rings. The Morgan fingerprint density at radius 1 is 1.50 bits per heavy atom. The summed E-state index contributed by atoms with van der Waals surface area (Å²) in [6.07, 6.45) is -0.635. The van der Waals surface area contributed by atoms with Gasteiger partial charge in [0, 0.05) is 11.0 Å². The Morgan fingerprint density at radius 2 is 2.25 bits per heavy atom. The van der Waals surface area contributed by atoms with Gasteiger partial charge in [0.1, 0.15) is 0 Å². The second-order valence-corrected chi connectivity index (χ2v) is 5.70. The molecule has 1 atom stereocenters. The van der Waals surface area contributed by atoms with Crippen molar-refractivity contribution in [3.63, 3.8) is 0 Å². The molecule has 1 N–H and O–H groups in total. The molecule has 0 aromatic heterocycles. The largest absolute Gasteiger partial charge is 0.479 e. The van der Waals surface area contributed by atoms with Gasteiger partial charge in [0.05, 0.1) is 19.6 Å². The van der Waals surface area contributed by atoms with Crippen LogP contribution in [0.5, 0.6) is 0 Å². The molecule has 0 saturated carbocycles. The summed E-state index contributed by atoms with van der Waals surface area (Å²) in [6.45, 7) is 2.77. The molecule has 2 rings (SSSR count). The van der Waals surface area contributed by atoms with Crippen LogP contribution in [0.25, 0.3) is 0 Å². The van der Waals surface area contributed by atoms with E-state index in [1.54, 1.807) is 4.90 Å². The van der Waals surface area contributed by atoms with E-state index >= 15 is 0 Å². The molecule has 6 heteroatoms. The molecule has 1 aromatic rings. The molecule has 0 bridgehead atoms. The highest BCUT2D eigenvalue weighted by Gasteiger charge is 2.28. The molecular formula is C14H16BrNO4. The fraction of sp³-hybridized carbons (Fsp3) is 0.429. The van der Waals surface area contributed by atoms with Crippen LogP contribution in [0.3, 0.4) is 0 Å². The number of aryl methyl sites for hydroxylation is 1. The van der Waals surface area contributed by atoms with Crippen LogP contribution in [0.4, 0.5) is 0 Å². The van der Waals surface area contributed by atoms with Gasteiger partial charge in [0.25, 0.3) is 0 Å². The molecule has 1 heterocycles. The van der Waals surface area contributed by atoms with Gasteiger partial charge in [0.2, 0.25) is 5.91 Å². The molecule has 1 unspecified atom stereocenters. The van der Waals surface area contributed by atoms with Crippen molar-refractivity contribution in [3.05, 3.63) is 33.8 Å². The highest BCUT2D eigenvalue weighted by Crippen LogP contribution is 2.17. The monoisotopic (exact) mass is 341 g/mol. The first-order chi connectivity index (χ1) is 9.47. The normalized spacial score (nSPS) is 18.9. The van der Waals surface area contributed by atoms with Crippen molar-refractivity contribution in [2.75, 3.05) is 19.7 Å². The number of ether oxygens (including phenoxy) is 1. The Hall–Kier alpha value is -1.40. The van der Waals surface area contributed by atoms with E-state index < -0.39 is 12.1 Å². The molecule has 0 spiro atoms. The lowest BCUT2D eigenvalue weighted by Gasteiger charge is -2.31. The van der Waals surface area contributed by atoms with Crippen molar-refractivity contribution in [1.29, 1.82) is 0 Å². The van der Waals surface area contributed by atoms with E-state index in [-0.39, 0.29) is 25.5 Å². The summed E-state index contributed by atoms with van der Waals surface area (Å²) in [7, 11) is 0.